The minimum Gasteiger partial charge on any atom is -0.497 e. The number of rotatable bonds is 17. The van der Waals surface area contributed by atoms with Gasteiger partial charge in [0.05, 0.1) is 65.6 Å². The lowest BCUT2D eigenvalue weighted by molar-refractivity contribution is -0.133. The summed E-state index contributed by atoms with van der Waals surface area (Å²) in [5.74, 6) is 1.47. The number of carbonyl (C=O) groups is 2. The fourth-order valence-electron chi connectivity index (χ4n) is 6.34. The smallest absolute Gasteiger partial charge is 0.314 e. The first-order valence-corrected chi connectivity index (χ1v) is 26.4. The van der Waals surface area contributed by atoms with Crippen LogP contribution in [-0.2, 0) is 29.6 Å². The number of carbonyl (C=O) groups excluding carboxylic acids is 1. The number of para-hydroxylation sites is 4. The normalized spacial score (nSPS) is 10.9. The standard InChI is InChI=1S/C24H22BrN5O5S.C22H21N5O4S.C2H3BrO2/c1-34-17-10-16(11-18(13-17)35-2)27-23-24(29-21-9-4-3-8-20(21)28-23)30-36(32,33)19-7-5-6-15(12-19)26-22(31)14-25;1-30-16-11-15(12-17(13-16)31-2)24-21-22(26-20-9-4-3-8-19(20)25-21)27-32(28,29)18-7-5-6-14(23)10-18;3-1-2(4)5/h3-13H,14H2,1-2H3,(H,26,31)(H,27,28)(H,29,30);3-13H,23H2,1-2H3,(H,24,25)(H,26,27);1H2,(H,4,5). The number of halogens is 2. The van der Waals surface area contributed by atoms with E-state index in [1.54, 1.807) is 105 Å². The fraction of sp³-hybridized carbons (Fsp3) is 0.125. The van der Waals surface area contributed by atoms with E-state index in [1.807, 2.05) is 12.1 Å². The molecule has 21 nitrogen and oxygen atoms in total. The number of benzene rings is 6. The predicted molar refractivity (Wildman–Crippen MR) is 288 cm³/mol. The van der Waals surface area contributed by atoms with Gasteiger partial charge in [0.1, 0.15) is 28.3 Å². The van der Waals surface area contributed by atoms with Crippen molar-refractivity contribution in [1.29, 1.82) is 0 Å². The van der Waals surface area contributed by atoms with Crippen molar-refractivity contribution < 1.29 is 50.5 Å². The topological polar surface area (TPSA) is 297 Å². The van der Waals surface area contributed by atoms with Gasteiger partial charge in [-0.2, -0.15) is 0 Å². The molecule has 8 N–H and O–H groups in total. The Morgan fingerprint density at radius 2 is 0.877 bits per heavy atom. The maximum Gasteiger partial charge on any atom is 0.314 e. The molecule has 73 heavy (non-hydrogen) atoms. The van der Waals surface area contributed by atoms with Crippen LogP contribution in [0.15, 0.2) is 143 Å². The summed E-state index contributed by atoms with van der Waals surface area (Å²) in [5.41, 5.74) is 9.76. The third kappa shape index (κ3) is 15.0. The number of aromatic nitrogens is 4. The zero-order valence-electron chi connectivity index (χ0n) is 39.1. The summed E-state index contributed by atoms with van der Waals surface area (Å²) in [4.78, 5) is 39.1. The number of methoxy groups -OCH3 is 4. The van der Waals surface area contributed by atoms with Gasteiger partial charge >= 0.3 is 5.97 Å². The van der Waals surface area contributed by atoms with E-state index in [0.717, 1.165) is 0 Å². The number of carboxylic acids is 1. The minimum absolute atomic E-state index is 0.00890. The molecule has 6 aromatic carbocycles. The van der Waals surface area contributed by atoms with E-state index >= 15 is 0 Å². The van der Waals surface area contributed by atoms with Gasteiger partial charge in [0.2, 0.25) is 5.91 Å². The molecule has 1 amide bonds. The average molecular weight is 1160 g/mol. The molecule has 0 aliphatic rings. The predicted octanol–water partition coefficient (Wildman–Crippen LogP) is 8.76. The third-order valence-corrected chi connectivity index (χ3v) is 13.3. The van der Waals surface area contributed by atoms with Crippen LogP contribution in [0.2, 0.25) is 0 Å². The number of sulfonamides is 2. The lowest BCUT2D eigenvalue weighted by Gasteiger charge is -2.15. The first-order chi connectivity index (χ1) is 34.9. The monoisotopic (exact) mass is 1160 g/mol. The molecule has 0 aliphatic carbocycles. The maximum atomic E-state index is 13.3. The second kappa shape index (κ2) is 24.9. The van der Waals surface area contributed by atoms with Gasteiger partial charge in [0, 0.05) is 59.1 Å². The number of hydrogen-bond donors (Lipinski definition) is 7. The molecule has 0 fully saturated rings. The van der Waals surface area contributed by atoms with Crippen molar-refractivity contribution in [3.63, 3.8) is 0 Å². The minimum atomic E-state index is -4.09. The first kappa shape index (κ1) is 54.3. The molecular formula is C48H46Br2N10O11S2. The number of amides is 1. The van der Waals surface area contributed by atoms with Crippen molar-refractivity contribution in [1.82, 2.24) is 19.9 Å². The zero-order chi connectivity index (χ0) is 52.7. The molecule has 2 heterocycles. The van der Waals surface area contributed by atoms with Crippen LogP contribution in [0.1, 0.15) is 0 Å². The van der Waals surface area contributed by atoms with Crippen LogP contribution >= 0.6 is 31.9 Å². The summed E-state index contributed by atoms with van der Waals surface area (Å²) < 4.78 is 78.8. The number of aliphatic carboxylic acids is 1. The van der Waals surface area contributed by atoms with Crippen molar-refractivity contribution in [2.45, 2.75) is 9.79 Å². The van der Waals surface area contributed by atoms with E-state index in [-0.39, 0.29) is 49.6 Å². The number of nitrogens with zero attached hydrogens (tertiary/aromatic N) is 4. The Morgan fingerprint density at radius 1 is 0.507 bits per heavy atom. The fourth-order valence-corrected chi connectivity index (χ4v) is 8.60. The van der Waals surface area contributed by atoms with Gasteiger partial charge < -0.3 is 45.7 Å². The number of nitrogens with one attached hydrogen (secondary N) is 5. The molecule has 380 valence electrons. The molecule has 0 atom stereocenters. The Balaban J connectivity index is 0.000000219. The Morgan fingerprint density at radius 3 is 1.23 bits per heavy atom. The Kier molecular flexibility index (Phi) is 18.5. The highest BCUT2D eigenvalue weighted by Crippen LogP contribution is 2.34. The number of fused-ring (bicyclic) bond motifs is 2. The number of hydrogen-bond acceptors (Lipinski definition) is 17. The summed E-state index contributed by atoms with van der Waals surface area (Å²) >= 11 is 5.78. The summed E-state index contributed by atoms with van der Waals surface area (Å²) in [6, 6.07) is 36.5. The molecule has 8 aromatic rings. The number of nitrogen functional groups attached to an aromatic ring is 1. The highest BCUT2D eigenvalue weighted by molar-refractivity contribution is 9.09. The second-order valence-electron chi connectivity index (χ2n) is 14.8. The zero-order valence-corrected chi connectivity index (χ0v) is 43.9. The number of carboxylic acid groups (broad SMARTS) is 1. The van der Waals surface area contributed by atoms with E-state index in [0.29, 0.717) is 67.8 Å². The molecule has 25 heteroatoms. The third-order valence-electron chi connectivity index (χ3n) is 9.66. The van der Waals surface area contributed by atoms with Gasteiger partial charge in [0.15, 0.2) is 23.3 Å². The van der Waals surface area contributed by atoms with Crippen LogP contribution in [-0.4, -0.2) is 92.9 Å². The van der Waals surface area contributed by atoms with E-state index in [1.165, 1.54) is 44.6 Å². The van der Waals surface area contributed by atoms with Crippen LogP contribution < -0.4 is 50.1 Å². The Labute approximate surface area is 436 Å². The summed E-state index contributed by atoms with van der Waals surface area (Å²) in [5, 5.41) is 16.6. The van der Waals surface area contributed by atoms with Crippen molar-refractivity contribution in [2.75, 3.05) is 70.2 Å². The number of alkyl halides is 2. The van der Waals surface area contributed by atoms with Gasteiger partial charge in [-0.05, 0) is 60.7 Å². The molecule has 0 aliphatic heterocycles. The summed E-state index contributed by atoms with van der Waals surface area (Å²) in [6.07, 6.45) is 0. The van der Waals surface area contributed by atoms with Gasteiger partial charge in [-0.1, -0.05) is 68.3 Å². The highest BCUT2D eigenvalue weighted by Gasteiger charge is 2.22. The van der Waals surface area contributed by atoms with Crippen molar-refractivity contribution >= 4 is 132 Å². The number of anilines is 8. The number of ether oxygens (including phenoxy) is 4. The lowest BCUT2D eigenvalue weighted by atomic mass is 10.2. The van der Waals surface area contributed by atoms with Gasteiger partial charge in [-0.15, -0.1) is 0 Å². The largest absolute Gasteiger partial charge is 0.497 e. The van der Waals surface area contributed by atoms with E-state index in [9.17, 15) is 26.4 Å². The van der Waals surface area contributed by atoms with Crippen molar-refractivity contribution in [3.05, 3.63) is 133 Å². The SMILES string of the molecule is COc1cc(Nc2nc3ccccc3nc2NS(=O)(=O)c2cccc(N)c2)cc(OC)c1.COc1cc(Nc2nc3ccccc3nc2NS(=O)(=O)c2cccc(NC(=O)CBr)c2)cc(OC)c1.O=C(O)CBr. The second-order valence-corrected chi connectivity index (χ2v) is 19.3. The van der Waals surface area contributed by atoms with E-state index < -0.39 is 26.0 Å². The van der Waals surface area contributed by atoms with Crippen LogP contribution in [0.25, 0.3) is 22.1 Å². The van der Waals surface area contributed by atoms with Crippen molar-refractivity contribution in [2.24, 2.45) is 0 Å². The Hall–Kier alpha value is -8.00. The lowest BCUT2D eigenvalue weighted by Crippen LogP contribution is -2.17. The first-order valence-electron chi connectivity index (χ1n) is 21.1. The van der Waals surface area contributed by atoms with E-state index in [2.05, 4.69) is 77.2 Å². The molecule has 0 radical (unpaired) electrons. The van der Waals surface area contributed by atoms with Crippen LogP contribution in [0.3, 0.4) is 0 Å². The maximum absolute atomic E-state index is 13.3. The molecule has 8 rings (SSSR count). The van der Waals surface area contributed by atoms with Gasteiger partial charge in [0.25, 0.3) is 20.0 Å². The molecular weight excluding hydrogens is 1120 g/mol. The molecule has 2 aromatic heterocycles. The summed E-state index contributed by atoms with van der Waals surface area (Å²) in [7, 11) is -1.92. The summed E-state index contributed by atoms with van der Waals surface area (Å²) in [6.45, 7) is 0. The van der Waals surface area contributed by atoms with Crippen LogP contribution in [0.5, 0.6) is 23.0 Å². The molecule has 0 saturated carbocycles. The number of nitrogens with two attached hydrogens (primary N) is 1. The molecule has 0 bridgehead atoms. The van der Waals surface area contributed by atoms with Crippen molar-refractivity contribution in [3.8, 4) is 23.0 Å². The Bertz CT molecular complexity index is 3460. The quantitative estimate of drug-likeness (QED) is 0.0331. The van der Waals surface area contributed by atoms with Gasteiger partial charge in [-0.25, -0.2) is 36.8 Å². The van der Waals surface area contributed by atoms with Gasteiger partial charge in [-0.3, -0.25) is 19.0 Å². The molecule has 0 unspecified atom stereocenters. The van der Waals surface area contributed by atoms with Crippen LogP contribution in [0, 0.1) is 0 Å². The molecule has 0 spiro atoms. The van der Waals surface area contributed by atoms with Crippen LogP contribution in [0.4, 0.5) is 46.0 Å². The van der Waals surface area contributed by atoms with E-state index in [4.69, 9.17) is 29.8 Å². The highest BCUT2D eigenvalue weighted by atomic mass is 79.9. The molecule has 0 saturated heterocycles. The average Bonchev–Trinajstić information content (AvgIpc) is 3.38.